The minimum Gasteiger partial charge on any atom is -0.366 e. The normalized spacial score (nSPS) is 21.8. The van der Waals surface area contributed by atoms with Crippen LogP contribution in [0.3, 0.4) is 0 Å². The highest BCUT2D eigenvalue weighted by molar-refractivity contribution is 6.46. The molecule has 12 heteroatoms. The van der Waals surface area contributed by atoms with Gasteiger partial charge in [0.1, 0.15) is 24.4 Å². The summed E-state index contributed by atoms with van der Waals surface area (Å²) < 4.78 is 32.2. The molecule has 1 fully saturated rings. The number of benzene rings is 2. The van der Waals surface area contributed by atoms with E-state index >= 15 is 0 Å². The lowest BCUT2D eigenvalue weighted by Crippen LogP contribution is -2.53. The zero-order valence-corrected chi connectivity index (χ0v) is 19.9. The summed E-state index contributed by atoms with van der Waals surface area (Å²) in [6.45, 7) is 1.37. The summed E-state index contributed by atoms with van der Waals surface area (Å²) in [6.07, 6.45) is -0.400. The summed E-state index contributed by atoms with van der Waals surface area (Å²) >= 11 is 5.94. The Balaban J connectivity index is 1.46. The van der Waals surface area contributed by atoms with Crippen LogP contribution in [0.1, 0.15) is 22.3 Å². The van der Waals surface area contributed by atoms with Crippen LogP contribution in [0, 0.1) is 5.82 Å². The van der Waals surface area contributed by atoms with E-state index < -0.39 is 35.3 Å². The Bertz CT molecular complexity index is 1210. The number of rotatable bonds is 8. The van der Waals surface area contributed by atoms with Crippen LogP contribution in [0.5, 0.6) is 0 Å². The van der Waals surface area contributed by atoms with E-state index in [1.807, 2.05) is 4.90 Å². The number of carbonyl (C=O) groups excluding carboxylic acids is 3. The van der Waals surface area contributed by atoms with Gasteiger partial charge in [0, 0.05) is 31.9 Å². The van der Waals surface area contributed by atoms with Crippen LogP contribution in [0.4, 0.5) is 14.5 Å². The second-order valence-electron chi connectivity index (χ2n) is 8.42. The smallest absolute Gasteiger partial charge is 0.269 e. The summed E-state index contributed by atoms with van der Waals surface area (Å²) in [6, 6.07) is 9.35. The molecule has 2 heterocycles. The SMILES string of the molecule is NC(=O)C1(c2ccc(NC(=O)c3ccc(F)cc3Cl)cc2)OCN=C1C(=O)NCCN1CC[C@@H](F)C1. The molecule has 4 N–H and O–H groups in total. The van der Waals surface area contributed by atoms with Crippen LogP contribution in [0.15, 0.2) is 47.5 Å². The Labute approximate surface area is 210 Å². The first-order valence-corrected chi connectivity index (χ1v) is 11.6. The predicted molar refractivity (Wildman–Crippen MR) is 129 cm³/mol. The van der Waals surface area contributed by atoms with E-state index in [-0.39, 0.29) is 35.1 Å². The summed E-state index contributed by atoms with van der Waals surface area (Å²) in [7, 11) is 0. The lowest BCUT2D eigenvalue weighted by Gasteiger charge is -2.27. The number of anilines is 1. The number of nitrogens with one attached hydrogen (secondary N) is 2. The predicted octanol–water partition coefficient (Wildman–Crippen LogP) is 2.00. The van der Waals surface area contributed by atoms with Gasteiger partial charge in [-0.3, -0.25) is 24.3 Å². The number of nitrogens with zero attached hydrogens (tertiary/aromatic N) is 2. The van der Waals surface area contributed by atoms with Crippen LogP contribution in [-0.4, -0.2) is 67.4 Å². The highest BCUT2D eigenvalue weighted by atomic mass is 35.5. The summed E-state index contributed by atoms with van der Waals surface area (Å²) in [5, 5.41) is 5.27. The number of primary amides is 1. The van der Waals surface area contributed by atoms with Gasteiger partial charge in [0.15, 0.2) is 0 Å². The van der Waals surface area contributed by atoms with Gasteiger partial charge in [-0.25, -0.2) is 8.78 Å². The lowest BCUT2D eigenvalue weighted by molar-refractivity contribution is -0.135. The van der Waals surface area contributed by atoms with Crippen LogP contribution in [0.25, 0.3) is 0 Å². The molecule has 2 aromatic rings. The average Bonchev–Trinajstić information content (AvgIpc) is 3.46. The van der Waals surface area contributed by atoms with E-state index in [9.17, 15) is 23.2 Å². The maximum atomic E-state index is 13.3. The maximum absolute atomic E-state index is 13.3. The Hall–Kier alpha value is -3.41. The third kappa shape index (κ3) is 5.23. The molecular formula is C24H24ClF2N5O4. The highest BCUT2D eigenvalue weighted by Crippen LogP contribution is 2.33. The highest BCUT2D eigenvalue weighted by Gasteiger charge is 2.51. The molecule has 4 rings (SSSR count). The Morgan fingerprint density at radius 2 is 1.94 bits per heavy atom. The molecule has 0 bridgehead atoms. The first kappa shape index (κ1) is 25.7. The summed E-state index contributed by atoms with van der Waals surface area (Å²) in [5.74, 6) is -2.68. The topological polar surface area (TPSA) is 126 Å². The average molecular weight is 520 g/mol. The number of ether oxygens (including phenoxy) is 1. The van der Waals surface area contributed by atoms with Crippen molar-refractivity contribution >= 4 is 40.7 Å². The van der Waals surface area contributed by atoms with E-state index in [0.29, 0.717) is 31.7 Å². The minimum absolute atomic E-state index is 0.0442. The van der Waals surface area contributed by atoms with E-state index in [1.54, 1.807) is 0 Å². The van der Waals surface area contributed by atoms with E-state index in [0.717, 1.165) is 12.1 Å². The van der Waals surface area contributed by atoms with Crippen molar-refractivity contribution in [2.24, 2.45) is 10.7 Å². The number of nitrogens with two attached hydrogens (primary N) is 1. The maximum Gasteiger partial charge on any atom is 0.269 e. The summed E-state index contributed by atoms with van der Waals surface area (Å²) in [4.78, 5) is 43.9. The third-order valence-corrected chi connectivity index (χ3v) is 6.37. The first-order valence-electron chi connectivity index (χ1n) is 11.2. The quantitative estimate of drug-likeness (QED) is 0.492. The number of hydrogen-bond acceptors (Lipinski definition) is 6. The Morgan fingerprint density at radius 1 is 1.19 bits per heavy atom. The lowest BCUT2D eigenvalue weighted by atomic mass is 9.87. The molecule has 0 saturated carbocycles. The first-order chi connectivity index (χ1) is 17.2. The van der Waals surface area contributed by atoms with Gasteiger partial charge in [-0.15, -0.1) is 0 Å². The van der Waals surface area contributed by atoms with Gasteiger partial charge in [-0.2, -0.15) is 0 Å². The fourth-order valence-electron chi connectivity index (χ4n) is 4.22. The molecule has 2 aliphatic rings. The van der Waals surface area contributed by atoms with Crippen molar-refractivity contribution < 1.29 is 27.9 Å². The molecule has 1 unspecified atom stereocenters. The standard InChI is InChI=1S/C24H24ClF2N5O4/c25-19-11-15(26)3-6-18(19)21(33)31-17-4-1-14(2-5-17)24(23(28)35)20(30-13-36-24)22(34)29-8-10-32-9-7-16(27)12-32/h1-6,11,16H,7-10,12-13H2,(H2,28,35)(H,29,34)(H,31,33)/t16-,24?/m1/s1. The number of hydrogen-bond donors (Lipinski definition) is 3. The van der Waals surface area contributed by atoms with Crippen molar-refractivity contribution in [1.82, 2.24) is 10.2 Å². The number of aliphatic imine (C=N–C) groups is 1. The van der Waals surface area contributed by atoms with Crippen LogP contribution in [-0.2, 0) is 19.9 Å². The van der Waals surface area contributed by atoms with E-state index in [1.165, 1.54) is 30.3 Å². The molecule has 190 valence electrons. The van der Waals surface area contributed by atoms with E-state index in [2.05, 4.69) is 15.6 Å². The van der Waals surface area contributed by atoms with E-state index in [4.69, 9.17) is 22.1 Å². The van der Waals surface area contributed by atoms with Crippen LogP contribution < -0.4 is 16.4 Å². The number of carbonyl (C=O) groups is 3. The Morgan fingerprint density at radius 3 is 2.58 bits per heavy atom. The van der Waals surface area contributed by atoms with Gasteiger partial charge < -0.3 is 21.1 Å². The molecule has 0 aliphatic carbocycles. The van der Waals surface area contributed by atoms with Crippen molar-refractivity contribution in [1.29, 1.82) is 0 Å². The zero-order chi connectivity index (χ0) is 25.9. The fraction of sp³-hybridized carbons (Fsp3) is 0.333. The fourth-order valence-corrected chi connectivity index (χ4v) is 4.47. The van der Waals surface area contributed by atoms with Gasteiger partial charge in [0.25, 0.3) is 17.7 Å². The van der Waals surface area contributed by atoms with Crippen molar-refractivity contribution in [2.45, 2.75) is 18.2 Å². The van der Waals surface area contributed by atoms with Crippen molar-refractivity contribution in [3.63, 3.8) is 0 Å². The summed E-state index contributed by atoms with van der Waals surface area (Å²) in [5.41, 5.74) is 4.25. The molecule has 0 aromatic heterocycles. The molecule has 9 nitrogen and oxygen atoms in total. The number of halogens is 3. The van der Waals surface area contributed by atoms with Crippen molar-refractivity contribution in [3.8, 4) is 0 Å². The zero-order valence-electron chi connectivity index (χ0n) is 19.1. The molecule has 3 amide bonds. The van der Waals surface area contributed by atoms with Crippen molar-refractivity contribution in [2.75, 3.05) is 38.2 Å². The molecule has 2 aromatic carbocycles. The molecule has 0 spiro atoms. The molecule has 1 saturated heterocycles. The second kappa shape index (κ2) is 10.7. The molecule has 36 heavy (non-hydrogen) atoms. The van der Waals surface area contributed by atoms with Crippen LogP contribution >= 0.6 is 11.6 Å². The molecule has 2 atom stereocenters. The second-order valence-corrected chi connectivity index (χ2v) is 8.83. The van der Waals surface area contributed by atoms with Gasteiger partial charge in [-0.05, 0) is 42.3 Å². The van der Waals surface area contributed by atoms with Crippen LogP contribution in [0.2, 0.25) is 5.02 Å². The van der Waals surface area contributed by atoms with Gasteiger partial charge in [0.05, 0.1) is 10.6 Å². The molecular weight excluding hydrogens is 496 g/mol. The van der Waals surface area contributed by atoms with Gasteiger partial charge in [-0.1, -0.05) is 23.7 Å². The van der Waals surface area contributed by atoms with Gasteiger partial charge >= 0.3 is 0 Å². The number of alkyl halides is 1. The molecule has 0 radical (unpaired) electrons. The third-order valence-electron chi connectivity index (χ3n) is 6.05. The molecule has 2 aliphatic heterocycles. The largest absolute Gasteiger partial charge is 0.366 e. The monoisotopic (exact) mass is 519 g/mol. The van der Waals surface area contributed by atoms with Crippen molar-refractivity contribution in [3.05, 3.63) is 64.4 Å². The van der Waals surface area contributed by atoms with Gasteiger partial charge in [0.2, 0.25) is 5.60 Å². The number of amides is 3. The minimum atomic E-state index is -1.91. The Kier molecular flexibility index (Phi) is 7.62. The number of likely N-dealkylation sites (tertiary alicyclic amines) is 1.